The normalized spacial score (nSPS) is 19.8. The predicted molar refractivity (Wildman–Crippen MR) is 50.4 cm³/mol. The Labute approximate surface area is 78.7 Å². The van der Waals surface area contributed by atoms with Crippen LogP contribution >= 0.6 is 11.6 Å². The van der Waals surface area contributed by atoms with Crippen LogP contribution in [0.1, 0.15) is 39.0 Å². The second-order valence-corrected chi connectivity index (χ2v) is 3.85. The van der Waals surface area contributed by atoms with E-state index in [2.05, 4.69) is 12.2 Å². The maximum absolute atomic E-state index is 11.2. The van der Waals surface area contributed by atoms with E-state index in [-0.39, 0.29) is 11.4 Å². The highest BCUT2D eigenvalue weighted by atomic mass is 35.5. The smallest absolute Gasteiger partial charge is 0.221 e. The highest BCUT2D eigenvalue weighted by Gasteiger charge is 2.35. The molecule has 0 atom stereocenters. The van der Waals surface area contributed by atoms with Crippen LogP contribution in [0.2, 0.25) is 0 Å². The van der Waals surface area contributed by atoms with Crippen molar-refractivity contribution in [1.29, 1.82) is 0 Å². The van der Waals surface area contributed by atoms with Crippen molar-refractivity contribution in [3.05, 3.63) is 0 Å². The summed E-state index contributed by atoms with van der Waals surface area (Å²) >= 11 is 5.47. The van der Waals surface area contributed by atoms with Crippen LogP contribution in [0.4, 0.5) is 0 Å². The monoisotopic (exact) mass is 189 g/mol. The molecule has 0 aliphatic heterocycles. The van der Waals surface area contributed by atoms with Gasteiger partial charge in [-0.3, -0.25) is 4.79 Å². The van der Waals surface area contributed by atoms with E-state index >= 15 is 0 Å². The molecule has 1 saturated carbocycles. The van der Waals surface area contributed by atoms with Crippen LogP contribution in [0.25, 0.3) is 0 Å². The van der Waals surface area contributed by atoms with Gasteiger partial charge in [0.15, 0.2) is 0 Å². The third kappa shape index (κ3) is 2.13. The molecule has 1 amide bonds. The van der Waals surface area contributed by atoms with Crippen molar-refractivity contribution in [3.63, 3.8) is 0 Å². The Morgan fingerprint density at radius 3 is 2.58 bits per heavy atom. The van der Waals surface area contributed by atoms with Gasteiger partial charge < -0.3 is 5.32 Å². The molecule has 0 heterocycles. The SMILES string of the molecule is CCC1(NC(=O)CCCl)CCC1. The van der Waals surface area contributed by atoms with Crippen molar-refractivity contribution in [2.24, 2.45) is 0 Å². The lowest BCUT2D eigenvalue weighted by Gasteiger charge is -2.42. The van der Waals surface area contributed by atoms with E-state index in [0.717, 1.165) is 19.3 Å². The number of halogens is 1. The zero-order valence-electron chi connectivity index (χ0n) is 7.53. The van der Waals surface area contributed by atoms with Crippen LogP contribution in [0.15, 0.2) is 0 Å². The average molecular weight is 190 g/mol. The first-order valence-corrected chi connectivity index (χ1v) is 5.13. The molecule has 0 aromatic carbocycles. The third-order valence-corrected chi connectivity index (χ3v) is 2.90. The van der Waals surface area contributed by atoms with Gasteiger partial charge in [0.05, 0.1) is 0 Å². The Hall–Kier alpha value is -0.240. The summed E-state index contributed by atoms with van der Waals surface area (Å²) in [6.45, 7) is 2.13. The summed E-state index contributed by atoms with van der Waals surface area (Å²) in [6.07, 6.45) is 5.01. The molecule has 0 aromatic heterocycles. The molecule has 1 aliphatic carbocycles. The number of hydrogen-bond acceptors (Lipinski definition) is 1. The third-order valence-electron chi connectivity index (χ3n) is 2.71. The Morgan fingerprint density at radius 1 is 1.58 bits per heavy atom. The van der Waals surface area contributed by atoms with E-state index < -0.39 is 0 Å². The zero-order chi connectivity index (χ0) is 9.03. The van der Waals surface area contributed by atoms with Crippen LogP contribution in [-0.2, 0) is 4.79 Å². The minimum atomic E-state index is 0.103. The minimum absolute atomic E-state index is 0.103. The van der Waals surface area contributed by atoms with E-state index in [1.165, 1.54) is 6.42 Å². The fourth-order valence-electron chi connectivity index (χ4n) is 1.61. The predicted octanol–water partition coefficient (Wildman–Crippen LogP) is 2.06. The molecule has 1 N–H and O–H groups in total. The first-order chi connectivity index (χ1) is 5.72. The second-order valence-electron chi connectivity index (χ2n) is 3.47. The van der Waals surface area contributed by atoms with Crippen LogP contribution in [-0.4, -0.2) is 17.3 Å². The van der Waals surface area contributed by atoms with Crippen LogP contribution < -0.4 is 5.32 Å². The lowest BCUT2D eigenvalue weighted by Crippen LogP contribution is -2.53. The Morgan fingerprint density at radius 2 is 2.25 bits per heavy atom. The van der Waals surface area contributed by atoms with Crippen molar-refractivity contribution in [2.75, 3.05) is 5.88 Å². The fourth-order valence-corrected chi connectivity index (χ4v) is 1.79. The van der Waals surface area contributed by atoms with Crippen LogP contribution in [0.3, 0.4) is 0 Å². The molecular formula is C9H16ClNO. The summed E-state index contributed by atoms with van der Waals surface area (Å²) in [7, 11) is 0. The molecule has 3 heteroatoms. The number of alkyl halides is 1. The minimum Gasteiger partial charge on any atom is -0.351 e. The van der Waals surface area contributed by atoms with Crippen molar-refractivity contribution >= 4 is 17.5 Å². The summed E-state index contributed by atoms with van der Waals surface area (Å²) in [4.78, 5) is 11.2. The first kappa shape index (κ1) is 9.85. The van der Waals surface area contributed by atoms with Crippen LogP contribution in [0.5, 0.6) is 0 Å². The van der Waals surface area contributed by atoms with Crippen LogP contribution in [0, 0.1) is 0 Å². The maximum atomic E-state index is 11.2. The van der Waals surface area contributed by atoms with Gasteiger partial charge in [0, 0.05) is 17.8 Å². The number of rotatable bonds is 4. The van der Waals surface area contributed by atoms with Gasteiger partial charge >= 0.3 is 0 Å². The molecule has 1 rings (SSSR count). The quantitative estimate of drug-likeness (QED) is 0.674. The van der Waals surface area contributed by atoms with Crippen molar-refractivity contribution in [2.45, 2.75) is 44.6 Å². The Balaban J connectivity index is 2.32. The number of carbonyl (C=O) groups is 1. The highest BCUT2D eigenvalue weighted by Crippen LogP contribution is 2.34. The molecule has 2 nitrogen and oxygen atoms in total. The molecule has 70 valence electrons. The number of nitrogens with one attached hydrogen (secondary N) is 1. The summed E-state index contributed by atoms with van der Waals surface area (Å²) in [5.41, 5.74) is 0.128. The van der Waals surface area contributed by atoms with Gasteiger partial charge in [-0.05, 0) is 25.7 Å². The molecule has 0 radical (unpaired) electrons. The van der Waals surface area contributed by atoms with Gasteiger partial charge in [-0.15, -0.1) is 11.6 Å². The summed E-state index contributed by atoms with van der Waals surface area (Å²) in [6, 6.07) is 0. The second kappa shape index (κ2) is 4.13. The standard InChI is InChI=1S/C9H16ClNO/c1-2-9(5-3-6-9)11-8(12)4-7-10/h2-7H2,1H3,(H,11,12). The molecule has 1 fully saturated rings. The summed E-state index contributed by atoms with van der Waals surface area (Å²) < 4.78 is 0. The molecule has 0 aromatic rings. The molecule has 0 bridgehead atoms. The van der Waals surface area contributed by atoms with E-state index in [1.54, 1.807) is 0 Å². The molecule has 0 spiro atoms. The van der Waals surface area contributed by atoms with Gasteiger partial charge in [-0.25, -0.2) is 0 Å². The number of amides is 1. The topological polar surface area (TPSA) is 29.1 Å². The van der Waals surface area contributed by atoms with Crippen molar-refractivity contribution in [1.82, 2.24) is 5.32 Å². The maximum Gasteiger partial charge on any atom is 0.221 e. The lowest BCUT2D eigenvalue weighted by molar-refractivity contribution is -0.123. The largest absolute Gasteiger partial charge is 0.351 e. The molecule has 0 saturated heterocycles. The van der Waals surface area contributed by atoms with E-state index in [9.17, 15) is 4.79 Å². The van der Waals surface area contributed by atoms with E-state index in [0.29, 0.717) is 12.3 Å². The lowest BCUT2D eigenvalue weighted by atomic mass is 9.75. The average Bonchev–Trinajstić information content (AvgIpc) is 1.97. The Bertz CT molecular complexity index is 160. The van der Waals surface area contributed by atoms with Gasteiger partial charge in [0.2, 0.25) is 5.91 Å². The number of carbonyl (C=O) groups excluding carboxylic acids is 1. The van der Waals surface area contributed by atoms with Gasteiger partial charge in [0.1, 0.15) is 0 Å². The molecule has 12 heavy (non-hydrogen) atoms. The zero-order valence-corrected chi connectivity index (χ0v) is 8.28. The van der Waals surface area contributed by atoms with E-state index in [4.69, 9.17) is 11.6 Å². The summed E-state index contributed by atoms with van der Waals surface area (Å²) in [5, 5.41) is 3.06. The molecule has 0 unspecified atom stereocenters. The Kier molecular flexibility index (Phi) is 3.39. The molecular weight excluding hydrogens is 174 g/mol. The first-order valence-electron chi connectivity index (χ1n) is 4.59. The van der Waals surface area contributed by atoms with Crippen molar-refractivity contribution < 1.29 is 4.79 Å². The number of hydrogen-bond donors (Lipinski definition) is 1. The fraction of sp³-hybridized carbons (Fsp3) is 0.889. The van der Waals surface area contributed by atoms with Gasteiger partial charge in [-0.2, -0.15) is 0 Å². The van der Waals surface area contributed by atoms with Gasteiger partial charge in [0.25, 0.3) is 0 Å². The van der Waals surface area contributed by atoms with E-state index in [1.807, 2.05) is 0 Å². The van der Waals surface area contributed by atoms with Gasteiger partial charge in [-0.1, -0.05) is 6.92 Å². The molecule has 1 aliphatic rings. The highest BCUT2D eigenvalue weighted by molar-refractivity contribution is 6.18. The summed E-state index contributed by atoms with van der Waals surface area (Å²) in [5.74, 6) is 0.526. The van der Waals surface area contributed by atoms with Crippen molar-refractivity contribution in [3.8, 4) is 0 Å².